The number of aromatic nitrogens is 4. The van der Waals surface area contributed by atoms with Crippen molar-refractivity contribution in [2.75, 3.05) is 5.32 Å². The number of hydrogen-bond acceptors (Lipinski definition) is 4. The summed E-state index contributed by atoms with van der Waals surface area (Å²) in [5.41, 5.74) is 5.63. The van der Waals surface area contributed by atoms with Crippen molar-refractivity contribution in [3.05, 3.63) is 72.3 Å². The normalized spacial score (nSPS) is 10.8. The van der Waals surface area contributed by atoms with Crippen molar-refractivity contribution in [2.45, 2.75) is 13.8 Å². The molecule has 0 aliphatic rings. The highest BCUT2D eigenvalue weighted by Gasteiger charge is 2.12. The molecular formula is C19H17N5O2. The highest BCUT2D eigenvalue weighted by molar-refractivity contribution is 6.03. The van der Waals surface area contributed by atoms with Crippen LogP contribution in [-0.4, -0.2) is 25.7 Å². The van der Waals surface area contributed by atoms with Gasteiger partial charge in [0.1, 0.15) is 5.69 Å². The van der Waals surface area contributed by atoms with Gasteiger partial charge in [-0.2, -0.15) is 5.10 Å². The summed E-state index contributed by atoms with van der Waals surface area (Å²) in [5.74, 6) is -0.255. The van der Waals surface area contributed by atoms with Gasteiger partial charge < -0.3 is 14.3 Å². The number of aromatic amines is 1. The van der Waals surface area contributed by atoms with Gasteiger partial charge in [0.2, 0.25) is 0 Å². The average Bonchev–Trinajstić information content (AvgIpc) is 3.38. The van der Waals surface area contributed by atoms with E-state index in [2.05, 4.69) is 20.5 Å². The summed E-state index contributed by atoms with van der Waals surface area (Å²) in [6, 6.07) is 11.1. The maximum atomic E-state index is 12.4. The molecule has 0 unspecified atom stereocenters. The molecular weight excluding hydrogens is 330 g/mol. The number of rotatable bonds is 4. The van der Waals surface area contributed by atoms with E-state index in [-0.39, 0.29) is 5.91 Å². The standard InChI is InChI=1S/C19H17N5O2/c1-12-13(2)24(11-20-12)16-5-3-15(4-6-16)21-19(25)18-9-17(22-23-18)14-7-8-26-10-14/h3-11H,1-2H3,(H,21,25)(H,22,23). The van der Waals surface area contributed by atoms with Gasteiger partial charge in [-0.15, -0.1) is 0 Å². The zero-order valence-electron chi connectivity index (χ0n) is 14.4. The van der Waals surface area contributed by atoms with Crippen LogP contribution in [0.15, 0.2) is 59.7 Å². The van der Waals surface area contributed by atoms with Crippen molar-refractivity contribution in [1.82, 2.24) is 19.7 Å². The molecule has 4 aromatic rings. The topological polar surface area (TPSA) is 88.7 Å². The first kappa shape index (κ1) is 15.9. The van der Waals surface area contributed by atoms with Crippen LogP contribution in [0.25, 0.3) is 16.9 Å². The first-order valence-electron chi connectivity index (χ1n) is 8.12. The van der Waals surface area contributed by atoms with E-state index in [1.54, 1.807) is 31.0 Å². The third-order valence-electron chi connectivity index (χ3n) is 4.29. The molecule has 3 heterocycles. The molecule has 7 nitrogen and oxygen atoms in total. The Balaban J connectivity index is 1.49. The van der Waals surface area contributed by atoms with Crippen molar-refractivity contribution in [1.29, 1.82) is 0 Å². The summed E-state index contributed by atoms with van der Waals surface area (Å²) in [6.45, 7) is 4.00. The van der Waals surface area contributed by atoms with Gasteiger partial charge in [-0.1, -0.05) is 0 Å². The molecule has 0 atom stereocenters. The summed E-state index contributed by atoms with van der Waals surface area (Å²) in [6.07, 6.45) is 4.94. The Morgan fingerprint density at radius 2 is 2.00 bits per heavy atom. The lowest BCUT2D eigenvalue weighted by Gasteiger charge is -2.08. The number of aryl methyl sites for hydroxylation is 1. The maximum Gasteiger partial charge on any atom is 0.273 e. The zero-order chi connectivity index (χ0) is 18.1. The molecule has 0 aliphatic carbocycles. The van der Waals surface area contributed by atoms with Crippen LogP contribution in [0, 0.1) is 13.8 Å². The Labute approximate surface area is 149 Å². The minimum absolute atomic E-state index is 0.255. The Morgan fingerprint density at radius 1 is 1.19 bits per heavy atom. The number of nitrogens with zero attached hydrogens (tertiary/aromatic N) is 3. The molecule has 0 spiro atoms. The maximum absolute atomic E-state index is 12.4. The molecule has 0 radical (unpaired) electrons. The number of furan rings is 1. The van der Waals surface area contributed by atoms with E-state index in [1.807, 2.05) is 42.7 Å². The fraction of sp³-hybridized carbons (Fsp3) is 0.105. The smallest absolute Gasteiger partial charge is 0.273 e. The third kappa shape index (κ3) is 2.90. The predicted octanol–water partition coefficient (Wildman–Crippen LogP) is 3.72. The quantitative estimate of drug-likeness (QED) is 0.589. The van der Waals surface area contributed by atoms with Gasteiger partial charge >= 0.3 is 0 Å². The number of benzene rings is 1. The summed E-state index contributed by atoms with van der Waals surface area (Å²) < 4.78 is 7.04. The first-order valence-corrected chi connectivity index (χ1v) is 8.12. The fourth-order valence-electron chi connectivity index (χ4n) is 2.66. The van der Waals surface area contributed by atoms with Gasteiger partial charge in [-0.3, -0.25) is 9.89 Å². The lowest BCUT2D eigenvalue weighted by atomic mass is 10.2. The van der Waals surface area contributed by atoms with Gasteiger partial charge in [-0.25, -0.2) is 4.98 Å². The molecule has 0 fully saturated rings. The molecule has 2 N–H and O–H groups in total. The number of anilines is 1. The van der Waals surface area contributed by atoms with Crippen LogP contribution >= 0.6 is 0 Å². The molecule has 0 saturated carbocycles. The fourth-order valence-corrected chi connectivity index (χ4v) is 2.66. The second kappa shape index (κ2) is 6.36. The summed E-state index contributed by atoms with van der Waals surface area (Å²) in [7, 11) is 0. The molecule has 0 saturated heterocycles. The van der Waals surface area contributed by atoms with Gasteiger partial charge in [-0.05, 0) is 50.2 Å². The molecule has 130 valence electrons. The van der Waals surface area contributed by atoms with Crippen molar-refractivity contribution >= 4 is 11.6 Å². The highest BCUT2D eigenvalue weighted by atomic mass is 16.3. The van der Waals surface area contributed by atoms with Crippen LogP contribution in [-0.2, 0) is 0 Å². The Bertz CT molecular complexity index is 1040. The highest BCUT2D eigenvalue weighted by Crippen LogP contribution is 2.20. The van der Waals surface area contributed by atoms with Crippen LogP contribution < -0.4 is 5.32 Å². The van der Waals surface area contributed by atoms with Crippen LogP contribution in [0.3, 0.4) is 0 Å². The number of carbonyl (C=O) groups is 1. The average molecular weight is 347 g/mol. The van der Waals surface area contributed by atoms with E-state index in [0.717, 1.165) is 22.6 Å². The van der Waals surface area contributed by atoms with E-state index in [9.17, 15) is 4.79 Å². The van der Waals surface area contributed by atoms with E-state index in [4.69, 9.17) is 4.42 Å². The second-order valence-corrected chi connectivity index (χ2v) is 5.97. The molecule has 26 heavy (non-hydrogen) atoms. The van der Waals surface area contributed by atoms with Crippen LogP contribution in [0.5, 0.6) is 0 Å². The SMILES string of the molecule is Cc1ncn(-c2ccc(NC(=O)c3cc(-c4ccoc4)n[nH]3)cc2)c1C. The van der Waals surface area contributed by atoms with Gasteiger partial charge in [0, 0.05) is 22.6 Å². The first-order chi connectivity index (χ1) is 12.6. The van der Waals surface area contributed by atoms with Crippen molar-refractivity contribution in [3.8, 4) is 16.9 Å². The van der Waals surface area contributed by atoms with Crippen molar-refractivity contribution in [3.63, 3.8) is 0 Å². The number of amides is 1. The molecule has 0 bridgehead atoms. The minimum Gasteiger partial charge on any atom is -0.472 e. The predicted molar refractivity (Wildman–Crippen MR) is 97.3 cm³/mol. The molecule has 1 aromatic carbocycles. The Morgan fingerprint density at radius 3 is 2.65 bits per heavy atom. The molecule has 4 rings (SSSR count). The Kier molecular flexibility index (Phi) is 3.89. The number of imidazole rings is 1. The number of nitrogens with one attached hydrogen (secondary N) is 2. The van der Waals surface area contributed by atoms with Crippen molar-refractivity contribution in [2.24, 2.45) is 0 Å². The van der Waals surface area contributed by atoms with E-state index in [0.29, 0.717) is 17.1 Å². The number of carbonyl (C=O) groups excluding carboxylic acids is 1. The largest absolute Gasteiger partial charge is 0.472 e. The van der Waals surface area contributed by atoms with Gasteiger partial charge in [0.05, 0.1) is 30.2 Å². The van der Waals surface area contributed by atoms with Crippen LogP contribution in [0.2, 0.25) is 0 Å². The summed E-state index contributed by atoms with van der Waals surface area (Å²) >= 11 is 0. The van der Waals surface area contributed by atoms with Crippen LogP contribution in [0.4, 0.5) is 5.69 Å². The number of H-pyrrole nitrogens is 1. The molecule has 0 aliphatic heterocycles. The van der Waals surface area contributed by atoms with Gasteiger partial charge in [0.15, 0.2) is 0 Å². The van der Waals surface area contributed by atoms with Crippen molar-refractivity contribution < 1.29 is 9.21 Å². The minimum atomic E-state index is -0.255. The molecule has 7 heteroatoms. The van der Waals surface area contributed by atoms with Gasteiger partial charge in [0.25, 0.3) is 5.91 Å². The van der Waals surface area contributed by atoms with Crippen LogP contribution in [0.1, 0.15) is 21.9 Å². The second-order valence-electron chi connectivity index (χ2n) is 5.97. The zero-order valence-corrected chi connectivity index (χ0v) is 14.4. The monoisotopic (exact) mass is 347 g/mol. The number of hydrogen-bond donors (Lipinski definition) is 2. The lowest BCUT2D eigenvalue weighted by molar-refractivity contribution is 0.102. The molecule has 3 aromatic heterocycles. The van der Waals surface area contributed by atoms with E-state index < -0.39 is 0 Å². The summed E-state index contributed by atoms with van der Waals surface area (Å²) in [5, 5.41) is 9.73. The Hall–Kier alpha value is -3.61. The summed E-state index contributed by atoms with van der Waals surface area (Å²) in [4.78, 5) is 16.7. The van der Waals surface area contributed by atoms with E-state index >= 15 is 0 Å². The molecule has 1 amide bonds. The van der Waals surface area contributed by atoms with E-state index in [1.165, 1.54) is 0 Å². The third-order valence-corrected chi connectivity index (χ3v) is 4.29. The lowest BCUT2D eigenvalue weighted by Crippen LogP contribution is -2.12.